The molecule has 2 rings (SSSR count). The van der Waals surface area contributed by atoms with Crippen LogP contribution in [-0.4, -0.2) is 0 Å². The van der Waals surface area contributed by atoms with Crippen molar-refractivity contribution in [3.05, 3.63) is 34.9 Å². The van der Waals surface area contributed by atoms with E-state index in [1.165, 1.54) is 29.5 Å². The van der Waals surface area contributed by atoms with Gasteiger partial charge in [-0.15, -0.1) is 0 Å². The fourth-order valence-corrected chi connectivity index (χ4v) is 3.63. The maximum Gasteiger partial charge on any atom is 0.0428 e. The van der Waals surface area contributed by atoms with Crippen molar-refractivity contribution in [2.45, 2.75) is 38.4 Å². The molecule has 1 unspecified atom stereocenters. The molecule has 1 aliphatic rings. The first-order chi connectivity index (χ1) is 7.13. The highest BCUT2D eigenvalue weighted by atomic mass is 79.9. The summed E-state index contributed by atoms with van der Waals surface area (Å²) in [6.45, 7) is 6.68. The SMILES string of the molecule is CC[C@@H]1C[C@H]1C(Br)c1ccc(C)cc1C. The second-order valence-electron chi connectivity index (χ2n) is 4.83. The molecule has 1 aromatic rings. The predicted octanol–water partition coefficient (Wildman–Crippen LogP) is 4.79. The zero-order valence-electron chi connectivity index (χ0n) is 9.76. The first-order valence-corrected chi connectivity index (χ1v) is 6.76. The molecule has 0 radical (unpaired) electrons. The molecule has 0 spiro atoms. The summed E-state index contributed by atoms with van der Waals surface area (Å²) in [7, 11) is 0. The highest BCUT2D eigenvalue weighted by Gasteiger charge is 2.41. The van der Waals surface area contributed by atoms with E-state index in [2.05, 4.69) is 54.9 Å². The number of halogens is 1. The second-order valence-corrected chi connectivity index (χ2v) is 5.82. The Hall–Kier alpha value is -0.300. The molecule has 0 N–H and O–H groups in total. The lowest BCUT2D eigenvalue weighted by atomic mass is 10.00. The summed E-state index contributed by atoms with van der Waals surface area (Å²) in [6.07, 6.45) is 2.73. The third-order valence-electron chi connectivity index (χ3n) is 3.60. The molecule has 0 aliphatic heterocycles. The van der Waals surface area contributed by atoms with Crippen molar-refractivity contribution in [2.24, 2.45) is 11.8 Å². The van der Waals surface area contributed by atoms with Gasteiger partial charge < -0.3 is 0 Å². The summed E-state index contributed by atoms with van der Waals surface area (Å²) in [5.74, 6) is 1.83. The van der Waals surface area contributed by atoms with Crippen LogP contribution in [0.5, 0.6) is 0 Å². The summed E-state index contributed by atoms with van der Waals surface area (Å²) in [6, 6.07) is 6.79. The van der Waals surface area contributed by atoms with Crippen LogP contribution in [0.15, 0.2) is 18.2 Å². The van der Waals surface area contributed by atoms with Gasteiger partial charge in [0.2, 0.25) is 0 Å². The summed E-state index contributed by atoms with van der Waals surface area (Å²) >= 11 is 3.87. The number of alkyl halides is 1. The van der Waals surface area contributed by atoms with E-state index in [0.29, 0.717) is 4.83 Å². The minimum atomic E-state index is 0.572. The Morgan fingerprint density at radius 1 is 1.40 bits per heavy atom. The molecule has 15 heavy (non-hydrogen) atoms. The van der Waals surface area contributed by atoms with Crippen molar-refractivity contribution in [1.82, 2.24) is 0 Å². The molecule has 1 saturated carbocycles. The van der Waals surface area contributed by atoms with Crippen molar-refractivity contribution >= 4 is 15.9 Å². The Kier molecular flexibility index (Phi) is 3.20. The van der Waals surface area contributed by atoms with Crippen LogP contribution in [0.25, 0.3) is 0 Å². The molecular weight excluding hydrogens is 248 g/mol. The molecule has 1 aliphatic carbocycles. The van der Waals surface area contributed by atoms with Crippen LogP contribution in [0.3, 0.4) is 0 Å². The van der Waals surface area contributed by atoms with Gasteiger partial charge in [-0.3, -0.25) is 0 Å². The fraction of sp³-hybridized carbons (Fsp3) is 0.571. The molecule has 0 nitrogen and oxygen atoms in total. The van der Waals surface area contributed by atoms with Gasteiger partial charge in [0.25, 0.3) is 0 Å². The molecular formula is C14H19Br. The van der Waals surface area contributed by atoms with Crippen LogP contribution in [0.4, 0.5) is 0 Å². The van der Waals surface area contributed by atoms with Crippen LogP contribution in [0.1, 0.15) is 41.3 Å². The van der Waals surface area contributed by atoms with Crippen molar-refractivity contribution in [3.8, 4) is 0 Å². The summed E-state index contributed by atoms with van der Waals surface area (Å²) < 4.78 is 0. The molecule has 1 fully saturated rings. The molecule has 82 valence electrons. The third-order valence-corrected chi connectivity index (χ3v) is 4.77. The van der Waals surface area contributed by atoms with Crippen molar-refractivity contribution in [1.29, 1.82) is 0 Å². The van der Waals surface area contributed by atoms with E-state index >= 15 is 0 Å². The summed E-state index contributed by atoms with van der Waals surface area (Å²) in [4.78, 5) is 0.572. The van der Waals surface area contributed by atoms with Crippen LogP contribution < -0.4 is 0 Å². The monoisotopic (exact) mass is 266 g/mol. The standard InChI is InChI=1S/C14H19Br/c1-4-11-8-13(11)14(15)12-6-5-9(2)7-10(12)3/h5-7,11,13-14H,4,8H2,1-3H3/t11-,13-,14?/m1/s1. The van der Waals surface area contributed by atoms with Gasteiger partial charge in [0, 0.05) is 4.83 Å². The Morgan fingerprint density at radius 2 is 2.13 bits per heavy atom. The normalized spacial score (nSPS) is 26.4. The van der Waals surface area contributed by atoms with E-state index in [4.69, 9.17) is 0 Å². The molecule has 0 amide bonds. The Morgan fingerprint density at radius 3 is 2.67 bits per heavy atom. The quantitative estimate of drug-likeness (QED) is 0.691. The van der Waals surface area contributed by atoms with E-state index in [1.807, 2.05) is 0 Å². The van der Waals surface area contributed by atoms with E-state index in [1.54, 1.807) is 0 Å². The average molecular weight is 267 g/mol. The second kappa shape index (κ2) is 4.29. The Labute approximate surface area is 101 Å². The number of benzene rings is 1. The zero-order chi connectivity index (χ0) is 11.0. The van der Waals surface area contributed by atoms with E-state index in [9.17, 15) is 0 Å². The van der Waals surface area contributed by atoms with Crippen molar-refractivity contribution in [2.75, 3.05) is 0 Å². The highest BCUT2D eigenvalue weighted by Crippen LogP contribution is 2.53. The number of hydrogen-bond donors (Lipinski definition) is 0. The first-order valence-electron chi connectivity index (χ1n) is 5.84. The van der Waals surface area contributed by atoms with Crippen LogP contribution in [-0.2, 0) is 0 Å². The Balaban J connectivity index is 2.16. The topological polar surface area (TPSA) is 0 Å². The smallest absolute Gasteiger partial charge is 0.0428 e. The molecule has 0 aromatic heterocycles. The maximum atomic E-state index is 3.87. The van der Waals surface area contributed by atoms with Crippen molar-refractivity contribution in [3.63, 3.8) is 0 Å². The molecule has 0 saturated heterocycles. The lowest BCUT2D eigenvalue weighted by Gasteiger charge is -2.13. The van der Waals surface area contributed by atoms with Gasteiger partial charge in [-0.2, -0.15) is 0 Å². The van der Waals surface area contributed by atoms with Crippen LogP contribution >= 0.6 is 15.9 Å². The van der Waals surface area contributed by atoms with Crippen LogP contribution in [0, 0.1) is 25.7 Å². The molecule has 1 aromatic carbocycles. The number of rotatable bonds is 3. The first kappa shape index (κ1) is 11.2. The van der Waals surface area contributed by atoms with Gasteiger partial charge in [-0.25, -0.2) is 0 Å². The fourth-order valence-electron chi connectivity index (χ4n) is 2.46. The lowest BCUT2D eigenvalue weighted by molar-refractivity contribution is 0.672. The van der Waals surface area contributed by atoms with E-state index in [-0.39, 0.29) is 0 Å². The number of aryl methyl sites for hydroxylation is 2. The molecule has 0 bridgehead atoms. The van der Waals surface area contributed by atoms with E-state index < -0.39 is 0 Å². The van der Waals surface area contributed by atoms with E-state index in [0.717, 1.165) is 11.8 Å². The third kappa shape index (κ3) is 2.28. The summed E-state index contributed by atoms with van der Waals surface area (Å²) in [5.41, 5.74) is 4.28. The molecule has 3 atom stereocenters. The minimum absolute atomic E-state index is 0.572. The molecule has 0 heterocycles. The van der Waals surface area contributed by atoms with Gasteiger partial charge in [0.05, 0.1) is 0 Å². The number of hydrogen-bond acceptors (Lipinski definition) is 0. The maximum absolute atomic E-state index is 3.87. The largest absolute Gasteiger partial charge is 0.0836 e. The minimum Gasteiger partial charge on any atom is -0.0836 e. The lowest BCUT2D eigenvalue weighted by Crippen LogP contribution is -1.97. The van der Waals surface area contributed by atoms with Gasteiger partial charge in [0.15, 0.2) is 0 Å². The van der Waals surface area contributed by atoms with Gasteiger partial charge in [0.1, 0.15) is 0 Å². The predicted molar refractivity (Wildman–Crippen MR) is 69.5 cm³/mol. The van der Waals surface area contributed by atoms with Gasteiger partial charge in [-0.05, 0) is 43.2 Å². The zero-order valence-corrected chi connectivity index (χ0v) is 11.3. The average Bonchev–Trinajstić information content (AvgIpc) is 2.95. The highest BCUT2D eigenvalue weighted by molar-refractivity contribution is 9.09. The van der Waals surface area contributed by atoms with Crippen molar-refractivity contribution < 1.29 is 0 Å². The van der Waals surface area contributed by atoms with Gasteiger partial charge in [-0.1, -0.05) is 53.0 Å². The summed E-state index contributed by atoms with van der Waals surface area (Å²) in [5, 5.41) is 0. The molecule has 1 heteroatoms. The van der Waals surface area contributed by atoms with Gasteiger partial charge >= 0.3 is 0 Å². The van der Waals surface area contributed by atoms with Crippen LogP contribution in [0.2, 0.25) is 0 Å². The Bertz CT molecular complexity index is 356.